The van der Waals surface area contributed by atoms with Gasteiger partial charge in [-0.2, -0.15) is 0 Å². The van der Waals surface area contributed by atoms with Crippen molar-refractivity contribution >= 4 is 5.97 Å². The normalized spacial score (nSPS) is 17.2. The lowest BCUT2D eigenvalue weighted by molar-refractivity contribution is -0.136. The van der Waals surface area contributed by atoms with Crippen LogP contribution in [0.3, 0.4) is 0 Å². The highest BCUT2D eigenvalue weighted by atomic mass is 16.4. The van der Waals surface area contributed by atoms with Gasteiger partial charge >= 0.3 is 5.97 Å². The predicted molar refractivity (Wildman–Crippen MR) is 63.9 cm³/mol. The minimum atomic E-state index is -0.845. The number of carboxylic acid groups (broad SMARTS) is 1. The van der Waals surface area contributed by atoms with E-state index in [0.717, 1.165) is 18.7 Å². The Morgan fingerprint density at radius 1 is 1.41 bits per heavy atom. The molecule has 5 heteroatoms. The minimum absolute atomic E-state index is 0.0241. The lowest BCUT2D eigenvalue weighted by Gasteiger charge is -2.25. The molecule has 5 nitrogen and oxygen atoms in total. The highest BCUT2D eigenvalue weighted by Crippen LogP contribution is 2.09. The van der Waals surface area contributed by atoms with Gasteiger partial charge in [-0.15, -0.1) is 0 Å². The molecule has 0 aliphatic carbocycles. The van der Waals surface area contributed by atoms with Crippen molar-refractivity contribution in [1.29, 1.82) is 0 Å². The van der Waals surface area contributed by atoms with Gasteiger partial charge in [-0.3, -0.25) is 4.79 Å². The molecule has 2 rings (SSSR count). The third kappa shape index (κ3) is 3.85. The van der Waals surface area contributed by atoms with Gasteiger partial charge in [0.25, 0.3) is 0 Å². The first-order valence-corrected chi connectivity index (χ1v) is 6.21. The van der Waals surface area contributed by atoms with Crippen molar-refractivity contribution in [3.8, 4) is 0 Å². The van der Waals surface area contributed by atoms with Crippen LogP contribution in [0.25, 0.3) is 0 Å². The summed E-state index contributed by atoms with van der Waals surface area (Å²) >= 11 is 0. The molecular formula is C12H19N3O2. The standard InChI is InChI=1S/C12H19N3O2/c16-12(17)8-11-13-9-10(14-11)4-7-15-5-2-1-3-6-15/h9H,1-8H2,(H,13,14)(H,16,17). The highest BCUT2D eigenvalue weighted by molar-refractivity contribution is 5.68. The molecule has 0 saturated carbocycles. The van der Waals surface area contributed by atoms with E-state index in [4.69, 9.17) is 5.11 Å². The molecule has 0 aromatic carbocycles. The van der Waals surface area contributed by atoms with Gasteiger partial charge in [0.15, 0.2) is 0 Å². The number of imidazole rings is 1. The number of nitrogens with zero attached hydrogens (tertiary/aromatic N) is 2. The van der Waals surface area contributed by atoms with Crippen LogP contribution in [0.5, 0.6) is 0 Å². The summed E-state index contributed by atoms with van der Waals surface area (Å²) in [5.74, 6) is -0.298. The third-order valence-corrected chi connectivity index (χ3v) is 3.14. The van der Waals surface area contributed by atoms with Crippen LogP contribution in [0, 0.1) is 0 Å². The number of aliphatic carboxylic acids is 1. The lowest BCUT2D eigenvalue weighted by atomic mass is 10.1. The van der Waals surface area contributed by atoms with Gasteiger partial charge in [0, 0.05) is 19.2 Å². The molecule has 1 aliphatic heterocycles. The maximum Gasteiger partial charge on any atom is 0.311 e. The van der Waals surface area contributed by atoms with Crippen LogP contribution >= 0.6 is 0 Å². The van der Waals surface area contributed by atoms with Crippen molar-refractivity contribution in [3.05, 3.63) is 17.7 Å². The van der Waals surface area contributed by atoms with Gasteiger partial charge in [-0.05, 0) is 25.9 Å². The molecule has 0 spiro atoms. The second kappa shape index (κ2) is 5.82. The number of aromatic nitrogens is 2. The minimum Gasteiger partial charge on any atom is -0.481 e. The Labute approximate surface area is 101 Å². The first kappa shape index (κ1) is 12.1. The number of nitrogens with one attached hydrogen (secondary N) is 1. The summed E-state index contributed by atoms with van der Waals surface area (Å²) in [6, 6.07) is 0. The summed E-state index contributed by atoms with van der Waals surface area (Å²) < 4.78 is 0. The SMILES string of the molecule is O=C(O)Cc1nc(CCN2CCCCC2)c[nH]1. The van der Waals surface area contributed by atoms with E-state index >= 15 is 0 Å². The lowest BCUT2D eigenvalue weighted by Crippen LogP contribution is -2.31. The fraction of sp³-hybridized carbons (Fsp3) is 0.667. The van der Waals surface area contributed by atoms with E-state index in [0.29, 0.717) is 5.82 Å². The Balaban J connectivity index is 1.78. The van der Waals surface area contributed by atoms with Crippen molar-refractivity contribution < 1.29 is 9.90 Å². The zero-order chi connectivity index (χ0) is 12.1. The molecule has 1 aromatic rings. The summed E-state index contributed by atoms with van der Waals surface area (Å²) in [6.07, 6.45) is 6.64. The van der Waals surface area contributed by atoms with E-state index in [1.165, 1.54) is 32.4 Å². The summed E-state index contributed by atoms with van der Waals surface area (Å²) in [6.45, 7) is 3.40. The number of likely N-dealkylation sites (tertiary alicyclic amines) is 1. The predicted octanol–water partition coefficient (Wildman–Crippen LogP) is 1.07. The van der Waals surface area contributed by atoms with Crippen LogP contribution < -0.4 is 0 Å². The number of H-pyrrole nitrogens is 1. The maximum absolute atomic E-state index is 10.5. The monoisotopic (exact) mass is 237 g/mol. The van der Waals surface area contributed by atoms with Gasteiger partial charge in [-0.25, -0.2) is 4.98 Å². The molecule has 0 atom stereocenters. The molecule has 1 fully saturated rings. The van der Waals surface area contributed by atoms with Gasteiger partial charge in [0.05, 0.1) is 5.69 Å². The first-order chi connectivity index (χ1) is 8.24. The number of hydrogen-bond acceptors (Lipinski definition) is 3. The summed E-state index contributed by atoms with van der Waals surface area (Å²) in [4.78, 5) is 20.2. The van der Waals surface area contributed by atoms with E-state index in [-0.39, 0.29) is 6.42 Å². The van der Waals surface area contributed by atoms with Gasteiger partial charge in [0.2, 0.25) is 0 Å². The van der Waals surface area contributed by atoms with Gasteiger partial charge < -0.3 is 15.0 Å². The maximum atomic E-state index is 10.5. The van der Waals surface area contributed by atoms with E-state index < -0.39 is 5.97 Å². The van der Waals surface area contributed by atoms with Crippen molar-refractivity contribution in [3.63, 3.8) is 0 Å². The van der Waals surface area contributed by atoms with E-state index in [9.17, 15) is 4.79 Å². The Morgan fingerprint density at radius 2 is 2.18 bits per heavy atom. The number of piperidine rings is 1. The second-order valence-corrected chi connectivity index (χ2v) is 4.56. The highest BCUT2D eigenvalue weighted by Gasteiger charge is 2.11. The number of carboxylic acids is 1. The van der Waals surface area contributed by atoms with Crippen LogP contribution in [-0.4, -0.2) is 45.6 Å². The topological polar surface area (TPSA) is 69.2 Å². The molecular weight excluding hydrogens is 218 g/mol. The Morgan fingerprint density at radius 3 is 2.88 bits per heavy atom. The van der Waals surface area contributed by atoms with Crippen molar-refractivity contribution in [2.75, 3.05) is 19.6 Å². The Hall–Kier alpha value is -1.36. The fourth-order valence-electron chi connectivity index (χ4n) is 2.22. The van der Waals surface area contributed by atoms with Crippen LogP contribution in [0.15, 0.2) is 6.20 Å². The van der Waals surface area contributed by atoms with Gasteiger partial charge in [0.1, 0.15) is 12.2 Å². The van der Waals surface area contributed by atoms with Crippen molar-refractivity contribution in [2.24, 2.45) is 0 Å². The molecule has 2 heterocycles. The van der Waals surface area contributed by atoms with Crippen LogP contribution in [0.2, 0.25) is 0 Å². The largest absolute Gasteiger partial charge is 0.481 e. The summed E-state index contributed by atoms with van der Waals surface area (Å²) in [5.41, 5.74) is 0.965. The molecule has 0 bridgehead atoms. The van der Waals surface area contributed by atoms with Crippen molar-refractivity contribution in [1.82, 2.24) is 14.9 Å². The smallest absolute Gasteiger partial charge is 0.311 e. The average molecular weight is 237 g/mol. The summed E-state index contributed by atoms with van der Waals surface area (Å²) in [7, 11) is 0. The zero-order valence-electron chi connectivity index (χ0n) is 9.98. The number of carbonyl (C=O) groups is 1. The molecule has 17 heavy (non-hydrogen) atoms. The van der Waals surface area contributed by atoms with E-state index in [1.807, 2.05) is 6.20 Å². The number of hydrogen-bond donors (Lipinski definition) is 2. The molecule has 1 aliphatic rings. The molecule has 0 radical (unpaired) electrons. The summed E-state index contributed by atoms with van der Waals surface area (Å²) in [5, 5.41) is 8.64. The molecule has 1 aromatic heterocycles. The Kier molecular flexibility index (Phi) is 4.14. The zero-order valence-corrected chi connectivity index (χ0v) is 9.98. The average Bonchev–Trinajstić information content (AvgIpc) is 2.75. The van der Waals surface area contributed by atoms with E-state index in [1.54, 1.807) is 0 Å². The first-order valence-electron chi connectivity index (χ1n) is 6.21. The molecule has 94 valence electrons. The molecule has 0 unspecified atom stereocenters. The third-order valence-electron chi connectivity index (χ3n) is 3.14. The van der Waals surface area contributed by atoms with Crippen LogP contribution in [-0.2, 0) is 17.6 Å². The van der Waals surface area contributed by atoms with E-state index in [2.05, 4.69) is 14.9 Å². The quantitative estimate of drug-likeness (QED) is 0.803. The molecule has 2 N–H and O–H groups in total. The Bertz CT molecular complexity index is 370. The van der Waals surface area contributed by atoms with Crippen LogP contribution in [0.4, 0.5) is 0 Å². The van der Waals surface area contributed by atoms with Crippen molar-refractivity contribution in [2.45, 2.75) is 32.1 Å². The number of aromatic amines is 1. The van der Waals surface area contributed by atoms with Crippen LogP contribution in [0.1, 0.15) is 30.8 Å². The second-order valence-electron chi connectivity index (χ2n) is 4.56. The molecule has 1 saturated heterocycles. The molecule has 0 amide bonds. The number of rotatable bonds is 5. The van der Waals surface area contributed by atoms with Gasteiger partial charge in [-0.1, -0.05) is 6.42 Å². The fourth-order valence-corrected chi connectivity index (χ4v) is 2.22.